The summed E-state index contributed by atoms with van der Waals surface area (Å²) in [5, 5.41) is 17.7. The van der Waals surface area contributed by atoms with Crippen LogP contribution in [0, 0.1) is 28.6 Å². The highest BCUT2D eigenvalue weighted by Gasteiger charge is 2.22. The number of likely N-dealkylation sites (tertiary alicyclic amines) is 1. The number of nitrogens with zero attached hydrogens (tertiary/aromatic N) is 5. The van der Waals surface area contributed by atoms with E-state index in [1.54, 1.807) is 0 Å². The van der Waals surface area contributed by atoms with Crippen LogP contribution in [0.25, 0.3) is 0 Å². The first-order chi connectivity index (χ1) is 9.33. The summed E-state index contributed by atoms with van der Waals surface area (Å²) in [7, 11) is 0. The Balaban J connectivity index is 1.77. The SMILES string of the molecule is N#CCC[C@@H](C#N)CN1CCC(n2ccnc2)CC1. The molecule has 1 saturated heterocycles. The fraction of sp³-hybridized carbons (Fsp3) is 0.643. The Labute approximate surface area is 114 Å². The molecule has 1 aliphatic heterocycles. The first-order valence-corrected chi connectivity index (χ1v) is 6.80. The largest absolute Gasteiger partial charge is 0.334 e. The van der Waals surface area contributed by atoms with Gasteiger partial charge in [-0.15, -0.1) is 0 Å². The average Bonchev–Trinajstić information content (AvgIpc) is 2.98. The topological polar surface area (TPSA) is 68.6 Å². The number of aromatic nitrogens is 2. The molecule has 0 unspecified atom stereocenters. The van der Waals surface area contributed by atoms with E-state index in [2.05, 4.69) is 26.6 Å². The summed E-state index contributed by atoms with van der Waals surface area (Å²) in [6.45, 7) is 2.84. The lowest BCUT2D eigenvalue weighted by Crippen LogP contribution is -2.37. The molecule has 0 radical (unpaired) electrons. The molecule has 1 atom stereocenters. The highest BCUT2D eigenvalue weighted by Crippen LogP contribution is 2.23. The number of piperidine rings is 1. The molecule has 1 fully saturated rings. The maximum atomic E-state index is 9.09. The normalized spacial score (nSPS) is 18.6. The van der Waals surface area contributed by atoms with Crippen LogP contribution < -0.4 is 0 Å². The molecular formula is C14H19N5. The Bertz CT molecular complexity index is 445. The van der Waals surface area contributed by atoms with Gasteiger partial charge in [0, 0.05) is 44.5 Å². The molecule has 2 heterocycles. The number of imidazole rings is 1. The molecule has 0 amide bonds. The lowest BCUT2D eigenvalue weighted by molar-refractivity contribution is 0.171. The third kappa shape index (κ3) is 3.81. The Kier molecular flexibility index (Phi) is 4.94. The molecule has 5 heteroatoms. The van der Waals surface area contributed by atoms with E-state index in [9.17, 15) is 0 Å². The van der Waals surface area contributed by atoms with Crippen LogP contribution in [0.4, 0.5) is 0 Å². The zero-order chi connectivity index (χ0) is 13.5. The molecule has 0 spiro atoms. The Morgan fingerprint density at radius 3 is 2.68 bits per heavy atom. The highest BCUT2D eigenvalue weighted by atomic mass is 15.2. The minimum Gasteiger partial charge on any atom is -0.334 e. The minimum atomic E-state index is -0.00977. The molecule has 0 N–H and O–H groups in total. The smallest absolute Gasteiger partial charge is 0.0948 e. The fourth-order valence-electron chi connectivity index (χ4n) is 2.63. The van der Waals surface area contributed by atoms with Crippen molar-refractivity contribution in [2.75, 3.05) is 19.6 Å². The van der Waals surface area contributed by atoms with Gasteiger partial charge in [-0.05, 0) is 19.3 Å². The maximum absolute atomic E-state index is 9.09. The number of hydrogen-bond donors (Lipinski definition) is 0. The van der Waals surface area contributed by atoms with Crippen molar-refractivity contribution in [1.29, 1.82) is 10.5 Å². The van der Waals surface area contributed by atoms with Crippen LogP contribution >= 0.6 is 0 Å². The van der Waals surface area contributed by atoms with Gasteiger partial charge >= 0.3 is 0 Å². The van der Waals surface area contributed by atoms with Gasteiger partial charge in [0.05, 0.1) is 24.4 Å². The highest BCUT2D eigenvalue weighted by molar-refractivity contribution is 4.90. The van der Waals surface area contributed by atoms with Crippen molar-refractivity contribution in [3.8, 4) is 12.1 Å². The monoisotopic (exact) mass is 257 g/mol. The fourth-order valence-corrected chi connectivity index (χ4v) is 2.63. The molecule has 1 aromatic rings. The van der Waals surface area contributed by atoms with E-state index in [4.69, 9.17) is 10.5 Å². The molecule has 19 heavy (non-hydrogen) atoms. The van der Waals surface area contributed by atoms with Crippen LogP contribution in [0.5, 0.6) is 0 Å². The van der Waals surface area contributed by atoms with Crippen molar-refractivity contribution in [2.45, 2.75) is 31.7 Å². The van der Waals surface area contributed by atoms with Crippen LogP contribution in [-0.2, 0) is 0 Å². The van der Waals surface area contributed by atoms with Gasteiger partial charge in [0.2, 0.25) is 0 Å². The van der Waals surface area contributed by atoms with Crippen LogP contribution in [-0.4, -0.2) is 34.1 Å². The first kappa shape index (κ1) is 13.6. The van der Waals surface area contributed by atoms with Gasteiger partial charge in [0.15, 0.2) is 0 Å². The van der Waals surface area contributed by atoms with Crippen molar-refractivity contribution in [2.24, 2.45) is 5.92 Å². The van der Waals surface area contributed by atoms with Crippen molar-refractivity contribution in [3.05, 3.63) is 18.7 Å². The third-order valence-corrected chi connectivity index (χ3v) is 3.77. The molecule has 1 aliphatic rings. The standard InChI is InChI=1S/C14H19N5/c15-5-1-2-13(10-16)11-18-7-3-14(4-8-18)19-9-6-17-12-19/h6,9,12-14H,1-4,7-8,11H2/t13-/m0/s1. The lowest BCUT2D eigenvalue weighted by atomic mass is 10.0. The second kappa shape index (κ2) is 6.92. The van der Waals surface area contributed by atoms with E-state index in [-0.39, 0.29) is 5.92 Å². The Hall–Kier alpha value is -1.85. The lowest BCUT2D eigenvalue weighted by Gasteiger charge is -2.33. The summed E-state index contributed by atoms with van der Waals surface area (Å²) in [5.74, 6) is -0.00977. The quantitative estimate of drug-likeness (QED) is 0.808. The van der Waals surface area contributed by atoms with Crippen LogP contribution in [0.3, 0.4) is 0 Å². The van der Waals surface area contributed by atoms with E-state index >= 15 is 0 Å². The summed E-state index contributed by atoms with van der Waals surface area (Å²) in [5.41, 5.74) is 0. The van der Waals surface area contributed by atoms with Crippen LogP contribution in [0.15, 0.2) is 18.7 Å². The Morgan fingerprint density at radius 2 is 2.11 bits per heavy atom. The summed E-state index contributed by atoms with van der Waals surface area (Å²) in [6, 6.07) is 4.97. The van der Waals surface area contributed by atoms with E-state index in [0.717, 1.165) is 32.5 Å². The molecule has 0 aliphatic carbocycles. The van der Waals surface area contributed by atoms with Gasteiger partial charge in [-0.3, -0.25) is 0 Å². The first-order valence-electron chi connectivity index (χ1n) is 6.80. The molecule has 0 bridgehead atoms. The maximum Gasteiger partial charge on any atom is 0.0948 e. The predicted octanol–water partition coefficient (Wildman–Crippen LogP) is 1.96. The van der Waals surface area contributed by atoms with Crippen LogP contribution in [0.1, 0.15) is 31.7 Å². The van der Waals surface area contributed by atoms with Crippen molar-refractivity contribution >= 4 is 0 Å². The van der Waals surface area contributed by atoms with Gasteiger partial charge in [0.25, 0.3) is 0 Å². The second-order valence-electron chi connectivity index (χ2n) is 5.06. The molecular weight excluding hydrogens is 238 g/mol. The number of hydrogen-bond acceptors (Lipinski definition) is 4. The molecule has 100 valence electrons. The zero-order valence-corrected chi connectivity index (χ0v) is 11.1. The van der Waals surface area contributed by atoms with E-state index in [1.165, 1.54) is 0 Å². The summed E-state index contributed by atoms with van der Waals surface area (Å²) in [4.78, 5) is 6.43. The minimum absolute atomic E-state index is 0.00977. The number of nitriles is 2. The summed E-state index contributed by atoms with van der Waals surface area (Å²) >= 11 is 0. The van der Waals surface area contributed by atoms with Crippen molar-refractivity contribution < 1.29 is 0 Å². The summed E-state index contributed by atoms with van der Waals surface area (Å²) < 4.78 is 2.18. The molecule has 0 saturated carbocycles. The van der Waals surface area contributed by atoms with Gasteiger partial charge in [-0.25, -0.2) is 4.98 Å². The molecule has 2 rings (SSSR count). The number of rotatable bonds is 5. The van der Waals surface area contributed by atoms with Crippen LogP contribution in [0.2, 0.25) is 0 Å². The Morgan fingerprint density at radius 1 is 1.32 bits per heavy atom. The van der Waals surface area contributed by atoms with E-state index < -0.39 is 0 Å². The van der Waals surface area contributed by atoms with Crippen molar-refractivity contribution in [1.82, 2.24) is 14.5 Å². The van der Waals surface area contributed by atoms with Gasteiger partial charge in [-0.2, -0.15) is 10.5 Å². The van der Waals surface area contributed by atoms with Gasteiger partial charge < -0.3 is 9.47 Å². The average molecular weight is 257 g/mol. The molecule has 1 aromatic heterocycles. The summed E-state index contributed by atoms with van der Waals surface area (Å²) in [6.07, 6.45) is 9.09. The molecule has 0 aromatic carbocycles. The zero-order valence-electron chi connectivity index (χ0n) is 11.1. The molecule has 5 nitrogen and oxygen atoms in total. The van der Waals surface area contributed by atoms with E-state index in [0.29, 0.717) is 18.9 Å². The van der Waals surface area contributed by atoms with Crippen molar-refractivity contribution in [3.63, 3.8) is 0 Å². The predicted molar refractivity (Wildman–Crippen MR) is 70.9 cm³/mol. The van der Waals surface area contributed by atoms with E-state index in [1.807, 2.05) is 18.7 Å². The third-order valence-electron chi connectivity index (χ3n) is 3.77. The second-order valence-corrected chi connectivity index (χ2v) is 5.06. The van der Waals surface area contributed by atoms with Gasteiger partial charge in [-0.1, -0.05) is 0 Å². The van der Waals surface area contributed by atoms with Gasteiger partial charge in [0.1, 0.15) is 0 Å².